The molecule has 1 heterocycles. The van der Waals surface area contributed by atoms with Gasteiger partial charge in [-0.3, -0.25) is 9.59 Å². The van der Waals surface area contributed by atoms with Gasteiger partial charge in [-0.25, -0.2) is 4.79 Å². The highest BCUT2D eigenvalue weighted by atomic mass is 79.9. The summed E-state index contributed by atoms with van der Waals surface area (Å²) in [5, 5.41) is 6.84. The molecule has 172 valence electrons. The first-order valence-electron chi connectivity index (χ1n) is 10.0. The molecular formula is C23H22BrN3O6. The molecule has 33 heavy (non-hydrogen) atoms. The number of nitrogens with one attached hydrogen (secondary N) is 1. The van der Waals surface area contributed by atoms with Crippen molar-refractivity contribution in [3.8, 4) is 17.2 Å². The molecule has 1 amide bonds. The lowest BCUT2D eigenvalue weighted by Gasteiger charge is -2.13. The Balaban J connectivity index is 1.77. The Morgan fingerprint density at radius 2 is 1.91 bits per heavy atom. The van der Waals surface area contributed by atoms with E-state index in [4.69, 9.17) is 14.2 Å². The van der Waals surface area contributed by atoms with E-state index >= 15 is 0 Å². The van der Waals surface area contributed by atoms with Gasteiger partial charge < -0.3 is 19.5 Å². The second-order valence-electron chi connectivity index (χ2n) is 6.72. The van der Waals surface area contributed by atoms with Crippen LogP contribution in [0, 0.1) is 0 Å². The average molecular weight is 516 g/mol. The van der Waals surface area contributed by atoms with Crippen LogP contribution in [0.25, 0.3) is 5.69 Å². The van der Waals surface area contributed by atoms with E-state index in [0.29, 0.717) is 11.4 Å². The summed E-state index contributed by atoms with van der Waals surface area (Å²) in [6.45, 7) is 1.59. The summed E-state index contributed by atoms with van der Waals surface area (Å²) in [7, 11) is 1.56. The van der Waals surface area contributed by atoms with Crippen molar-refractivity contribution in [1.82, 2.24) is 15.1 Å². The fourth-order valence-electron chi connectivity index (χ4n) is 2.86. The Morgan fingerprint density at radius 3 is 2.64 bits per heavy atom. The van der Waals surface area contributed by atoms with E-state index in [1.54, 1.807) is 50.4 Å². The van der Waals surface area contributed by atoms with Gasteiger partial charge in [0.25, 0.3) is 11.5 Å². The van der Waals surface area contributed by atoms with Crippen molar-refractivity contribution >= 4 is 27.8 Å². The van der Waals surface area contributed by atoms with E-state index in [1.807, 2.05) is 12.1 Å². The van der Waals surface area contributed by atoms with Gasteiger partial charge in [0.1, 0.15) is 5.75 Å². The summed E-state index contributed by atoms with van der Waals surface area (Å²) in [5.74, 6) is -0.674. The number of carbonyl (C=O) groups excluding carboxylic acids is 2. The van der Waals surface area contributed by atoms with Gasteiger partial charge in [0.05, 0.1) is 25.5 Å². The number of methoxy groups -OCH3 is 1. The van der Waals surface area contributed by atoms with Crippen molar-refractivity contribution in [3.05, 3.63) is 80.7 Å². The number of amides is 1. The first-order chi connectivity index (χ1) is 15.9. The maximum atomic E-state index is 12.6. The summed E-state index contributed by atoms with van der Waals surface area (Å²) >= 11 is 3.34. The van der Waals surface area contributed by atoms with Crippen LogP contribution in [0.1, 0.15) is 23.0 Å². The van der Waals surface area contributed by atoms with Crippen molar-refractivity contribution in [3.63, 3.8) is 0 Å². The summed E-state index contributed by atoms with van der Waals surface area (Å²) in [6, 6.07) is 15.2. The van der Waals surface area contributed by atoms with E-state index in [-0.39, 0.29) is 24.6 Å². The highest BCUT2D eigenvalue weighted by Crippen LogP contribution is 2.18. The standard InChI is InChI=1S/C23H22BrN3O6/c1-3-32-23(30)22-19(12-21(29)27(26-22)17-8-5-7-16(24)11-17)33-14-20(28)25-13-15-6-4-9-18(10-15)31-2/h4-12H,3,13-14H2,1-2H3,(H,25,28). The van der Waals surface area contributed by atoms with Gasteiger partial charge in [0.2, 0.25) is 5.69 Å². The molecule has 0 atom stereocenters. The minimum absolute atomic E-state index is 0.108. The van der Waals surface area contributed by atoms with Gasteiger partial charge in [0.15, 0.2) is 12.4 Å². The lowest BCUT2D eigenvalue weighted by Crippen LogP contribution is -2.30. The smallest absolute Gasteiger partial charge is 0.362 e. The molecule has 0 fully saturated rings. The number of esters is 1. The third-order valence-corrected chi connectivity index (χ3v) is 4.89. The molecule has 10 heteroatoms. The Hall–Kier alpha value is -3.66. The number of ether oxygens (including phenoxy) is 3. The van der Waals surface area contributed by atoms with Crippen molar-refractivity contribution in [1.29, 1.82) is 0 Å². The summed E-state index contributed by atoms with van der Waals surface area (Å²) < 4.78 is 17.5. The molecular weight excluding hydrogens is 494 g/mol. The molecule has 0 radical (unpaired) electrons. The molecule has 2 aromatic carbocycles. The predicted octanol–water partition coefficient (Wildman–Crippen LogP) is 2.88. The fraction of sp³-hybridized carbons (Fsp3) is 0.217. The van der Waals surface area contributed by atoms with E-state index in [9.17, 15) is 14.4 Å². The normalized spacial score (nSPS) is 10.4. The van der Waals surface area contributed by atoms with E-state index in [0.717, 1.165) is 20.8 Å². The predicted molar refractivity (Wildman–Crippen MR) is 124 cm³/mol. The average Bonchev–Trinajstić information content (AvgIpc) is 2.81. The topological polar surface area (TPSA) is 109 Å². The van der Waals surface area contributed by atoms with Gasteiger partial charge in [-0.15, -0.1) is 0 Å². The molecule has 0 spiro atoms. The van der Waals surface area contributed by atoms with Crippen molar-refractivity contribution < 1.29 is 23.8 Å². The molecule has 1 N–H and O–H groups in total. The van der Waals surface area contributed by atoms with Gasteiger partial charge in [-0.1, -0.05) is 34.1 Å². The number of halogens is 1. The first kappa shape index (κ1) is 24.0. The number of nitrogens with zero attached hydrogens (tertiary/aromatic N) is 2. The molecule has 0 saturated heterocycles. The van der Waals surface area contributed by atoms with Crippen molar-refractivity contribution in [2.75, 3.05) is 20.3 Å². The zero-order valence-corrected chi connectivity index (χ0v) is 19.6. The lowest BCUT2D eigenvalue weighted by molar-refractivity contribution is -0.123. The van der Waals surface area contributed by atoms with Crippen LogP contribution in [-0.2, 0) is 16.1 Å². The first-order valence-corrected chi connectivity index (χ1v) is 10.8. The molecule has 3 rings (SSSR count). The van der Waals surface area contributed by atoms with E-state index in [1.165, 1.54) is 0 Å². The summed E-state index contributed by atoms with van der Waals surface area (Å²) in [6.07, 6.45) is 0. The maximum absolute atomic E-state index is 12.6. The zero-order chi connectivity index (χ0) is 23.8. The second-order valence-corrected chi connectivity index (χ2v) is 7.64. The molecule has 0 bridgehead atoms. The minimum Gasteiger partial charge on any atom is -0.497 e. The van der Waals surface area contributed by atoms with Crippen LogP contribution in [-0.4, -0.2) is 42.0 Å². The highest BCUT2D eigenvalue weighted by molar-refractivity contribution is 9.10. The third-order valence-electron chi connectivity index (χ3n) is 4.40. The number of hydrogen-bond acceptors (Lipinski definition) is 7. The van der Waals surface area contributed by atoms with Crippen LogP contribution < -0.4 is 20.3 Å². The zero-order valence-electron chi connectivity index (χ0n) is 18.0. The molecule has 0 unspecified atom stereocenters. The van der Waals surface area contributed by atoms with Gasteiger partial charge >= 0.3 is 5.97 Å². The quantitative estimate of drug-likeness (QED) is 0.436. The van der Waals surface area contributed by atoms with Crippen LogP contribution in [0.5, 0.6) is 11.5 Å². The van der Waals surface area contributed by atoms with Gasteiger partial charge in [-0.2, -0.15) is 9.78 Å². The highest BCUT2D eigenvalue weighted by Gasteiger charge is 2.20. The molecule has 1 aromatic heterocycles. The van der Waals surface area contributed by atoms with Crippen LogP contribution in [0.2, 0.25) is 0 Å². The van der Waals surface area contributed by atoms with Crippen molar-refractivity contribution in [2.45, 2.75) is 13.5 Å². The summed E-state index contributed by atoms with van der Waals surface area (Å²) in [4.78, 5) is 37.4. The van der Waals surface area contributed by atoms with Crippen molar-refractivity contribution in [2.24, 2.45) is 0 Å². The Morgan fingerprint density at radius 1 is 1.12 bits per heavy atom. The number of carbonyl (C=O) groups is 2. The Kier molecular flexibility index (Phi) is 8.20. The molecule has 3 aromatic rings. The van der Waals surface area contributed by atoms with E-state index < -0.39 is 24.0 Å². The molecule has 0 aliphatic rings. The van der Waals surface area contributed by atoms with E-state index in [2.05, 4.69) is 26.3 Å². The number of benzene rings is 2. The second kappa shape index (κ2) is 11.3. The third kappa shape index (κ3) is 6.42. The lowest BCUT2D eigenvalue weighted by atomic mass is 10.2. The van der Waals surface area contributed by atoms with Crippen LogP contribution in [0.3, 0.4) is 0 Å². The monoisotopic (exact) mass is 515 g/mol. The molecule has 0 aliphatic heterocycles. The summed E-state index contributed by atoms with van der Waals surface area (Å²) in [5.41, 5.74) is 0.542. The SMILES string of the molecule is CCOC(=O)c1nn(-c2cccc(Br)c2)c(=O)cc1OCC(=O)NCc1cccc(OC)c1. The van der Waals surface area contributed by atoms with Gasteiger partial charge in [0, 0.05) is 11.0 Å². The molecule has 0 aliphatic carbocycles. The van der Waals surface area contributed by atoms with Crippen LogP contribution in [0.15, 0.2) is 63.9 Å². The molecule has 0 saturated carbocycles. The Labute approximate surface area is 198 Å². The number of rotatable bonds is 9. The van der Waals surface area contributed by atoms with Crippen LogP contribution >= 0.6 is 15.9 Å². The number of aromatic nitrogens is 2. The largest absolute Gasteiger partial charge is 0.497 e. The Bertz CT molecular complexity index is 1210. The minimum atomic E-state index is -0.770. The maximum Gasteiger partial charge on any atom is 0.362 e. The van der Waals surface area contributed by atoms with Gasteiger partial charge in [-0.05, 0) is 42.8 Å². The van der Waals surface area contributed by atoms with Crippen LogP contribution in [0.4, 0.5) is 0 Å². The molecule has 9 nitrogen and oxygen atoms in total. The fourth-order valence-corrected chi connectivity index (χ4v) is 3.25. The number of hydrogen-bond donors (Lipinski definition) is 1.